The van der Waals surface area contributed by atoms with E-state index in [0.29, 0.717) is 22.6 Å². The molecule has 0 spiro atoms. The van der Waals surface area contributed by atoms with Gasteiger partial charge in [0.25, 0.3) is 11.8 Å². The van der Waals surface area contributed by atoms with Crippen LogP contribution in [0.2, 0.25) is 0 Å². The lowest BCUT2D eigenvalue weighted by molar-refractivity contribution is 0.0675. The zero-order chi connectivity index (χ0) is 21.2. The highest BCUT2D eigenvalue weighted by Crippen LogP contribution is 2.32. The number of ether oxygens (including phenoxy) is 2. The lowest BCUT2D eigenvalue weighted by atomic mass is 9.95. The number of imide groups is 1. The molecule has 0 radical (unpaired) electrons. The molecule has 1 heterocycles. The van der Waals surface area contributed by atoms with Gasteiger partial charge in [0.2, 0.25) is 0 Å². The Morgan fingerprint density at radius 1 is 0.966 bits per heavy atom. The molecular weight excluding hydrogens is 366 g/mol. The monoisotopic (exact) mass is 391 g/mol. The van der Waals surface area contributed by atoms with Gasteiger partial charge in [0.15, 0.2) is 11.5 Å². The molecule has 29 heavy (non-hydrogen) atoms. The summed E-state index contributed by atoms with van der Waals surface area (Å²) in [6.07, 6.45) is 1.94. The van der Waals surface area contributed by atoms with E-state index >= 15 is 0 Å². The molecule has 150 valence electrons. The molecule has 2 amide bonds. The molecule has 5 nitrogen and oxygen atoms in total. The van der Waals surface area contributed by atoms with Crippen LogP contribution < -0.4 is 9.47 Å². The number of rotatable bonds is 5. The molecule has 5 heteroatoms. The van der Waals surface area contributed by atoms with Gasteiger partial charge in [0.1, 0.15) is 0 Å². The van der Waals surface area contributed by atoms with Gasteiger partial charge in [-0.15, -0.1) is 5.73 Å². The SMILES string of the molecule is COc1ccc(C(=C=CC(C)(C)C)CN2C(=O)c3ccccc3C2=O)cc1OC. The van der Waals surface area contributed by atoms with E-state index in [4.69, 9.17) is 9.47 Å². The molecule has 3 rings (SSSR count). The van der Waals surface area contributed by atoms with E-state index in [0.717, 1.165) is 11.1 Å². The average molecular weight is 391 g/mol. The van der Waals surface area contributed by atoms with Crippen LogP contribution in [0.5, 0.6) is 11.5 Å². The summed E-state index contributed by atoms with van der Waals surface area (Å²) < 4.78 is 10.7. The average Bonchev–Trinajstić information content (AvgIpc) is 2.94. The van der Waals surface area contributed by atoms with E-state index in [1.807, 2.05) is 18.2 Å². The molecule has 0 N–H and O–H groups in total. The van der Waals surface area contributed by atoms with Crippen LogP contribution >= 0.6 is 0 Å². The summed E-state index contributed by atoms with van der Waals surface area (Å²) in [6, 6.07) is 12.4. The molecule has 0 bridgehead atoms. The van der Waals surface area contributed by atoms with Crippen molar-refractivity contribution in [2.24, 2.45) is 5.41 Å². The quantitative estimate of drug-likeness (QED) is 0.553. The number of hydrogen-bond acceptors (Lipinski definition) is 4. The molecule has 1 aliphatic rings. The minimum atomic E-state index is -0.291. The van der Waals surface area contributed by atoms with Crippen LogP contribution in [0.4, 0.5) is 0 Å². The fraction of sp³-hybridized carbons (Fsp3) is 0.292. The Bertz CT molecular complexity index is 988. The normalized spacial score (nSPS) is 13.1. The van der Waals surface area contributed by atoms with Crippen LogP contribution in [-0.4, -0.2) is 37.5 Å². The second-order valence-electron chi connectivity index (χ2n) is 7.95. The van der Waals surface area contributed by atoms with Gasteiger partial charge in [-0.2, -0.15) is 0 Å². The van der Waals surface area contributed by atoms with Gasteiger partial charge in [0.05, 0.1) is 31.9 Å². The Labute approximate surface area is 171 Å². The van der Waals surface area contributed by atoms with Gasteiger partial charge >= 0.3 is 0 Å². The minimum absolute atomic E-state index is 0.107. The van der Waals surface area contributed by atoms with Crippen LogP contribution in [0.1, 0.15) is 47.1 Å². The standard InChI is InChI=1S/C24H25NO4/c1-24(2,3)13-12-17(16-10-11-20(28-4)21(14-16)29-5)15-25-22(26)18-8-6-7-9-19(18)23(25)27/h6-11,13-14H,15H2,1-5H3. The summed E-state index contributed by atoms with van der Waals surface area (Å²) in [7, 11) is 3.15. The van der Waals surface area contributed by atoms with Crippen molar-refractivity contribution >= 4 is 17.4 Å². The third kappa shape index (κ3) is 4.25. The molecule has 0 aromatic heterocycles. The third-order valence-electron chi connectivity index (χ3n) is 4.61. The molecule has 0 fully saturated rings. The number of fused-ring (bicyclic) bond motifs is 1. The number of hydrogen-bond donors (Lipinski definition) is 0. The van der Waals surface area contributed by atoms with Crippen molar-refractivity contribution in [3.05, 3.63) is 71.0 Å². The molecular formula is C24H25NO4. The summed E-state index contributed by atoms with van der Waals surface area (Å²) in [4.78, 5) is 26.9. The Kier molecular flexibility index (Phi) is 5.62. The highest BCUT2D eigenvalue weighted by atomic mass is 16.5. The summed E-state index contributed by atoms with van der Waals surface area (Å²) in [5.41, 5.74) is 5.59. The fourth-order valence-electron chi connectivity index (χ4n) is 3.09. The van der Waals surface area contributed by atoms with Crippen LogP contribution in [0, 0.1) is 5.41 Å². The maximum absolute atomic E-state index is 12.8. The lowest BCUT2D eigenvalue weighted by Gasteiger charge is -2.17. The second kappa shape index (κ2) is 7.98. The number of carbonyl (C=O) groups is 2. The van der Waals surface area contributed by atoms with Crippen molar-refractivity contribution in [3.63, 3.8) is 0 Å². The molecule has 0 aliphatic carbocycles. The molecule has 1 aliphatic heterocycles. The van der Waals surface area contributed by atoms with Crippen LogP contribution in [0.3, 0.4) is 0 Å². The largest absolute Gasteiger partial charge is 0.493 e. The zero-order valence-corrected chi connectivity index (χ0v) is 17.4. The Morgan fingerprint density at radius 3 is 2.07 bits per heavy atom. The summed E-state index contributed by atoms with van der Waals surface area (Å²) in [6.45, 7) is 6.31. The molecule has 0 unspecified atom stereocenters. The Hall–Kier alpha value is -3.30. The highest BCUT2D eigenvalue weighted by molar-refractivity contribution is 6.21. The number of amides is 2. The van der Waals surface area contributed by atoms with E-state index < -0.39 is 0 Å². The maximum Gasteiger partial charge on any atom is 0.261 e. The predicted molar refractivity (Wildman–Crippen MR) is 112 cm³/mol. The number of methoxy groups -OCH3 is 2. The van der Waals surface area contributed by atoms with E-state index in [1.54, 1.807) is 44.6 Å². The van der Waals surface area contributed by atoms with Gasteiger partial charge in [-0.1, -0.05) is 39.0 Å². The van der Waals surface area contributed by atoms with Crippen molar-refractivity contribution in [2.45, 2.75) is 20.8 Å². The van der Waals surface area contributed by atoms with Gasteiger partial charge in [-0.3, -0.25) is 14.5 Å². The Balaban J connectivity index is 2.04. The van der Waals surface area contributed by atoms with Gasteiger partial charge < -0.3 is 9.47 Å². The minimum Gasteiger partial charge on any atom is -0.493 e. The lowest BCUT2D eigenvalue weighted by Crippen LogP contribution is -2.31. The van der Waals surface area contributed by atoms with E-state index in [9.17, 15) is 9.59 Å². The van der Waals surface area contributed by atoms with Crippen molar-refractivity contribution in [1.29, 1.82) is 0 Å². The number of carbonyl (C=O) groups excluding carboxylic acids is 2. The van der Waals surface area contributed by atoms with Gasteiger partial charge in [-0.05, 0) is 41.3 Å². The van der Waals surface area contributed by atoms with Crippen LogP contribution in [0.15, 0.2) is 54.3 Å². The van der Waals surface area contributed by atoms with Crippen molar-refractivity contribution in [1.82, 2.24) is 4.90 Å². The molecule has 2 aromatic carbocycles. The first-order chi connectivity index (χ1) is 13.7. The van der Waals surface area contributed by atoms with Crippen LogP contribution in [-0.2, 0) is 0 Å². The highest BCUT2D eigenvalue weighted by Gasteiger charge is 2.35. The van der Waals surface area contributed by atoms with Gasteiger partial charge in [0, 0.05) is 5.57 Å². The number of benzene rings is 2. The first kappa shape index (κ1) is 20.4. The Morgan fingerprint density at radius 2 is 1.55 bits per heavy atom. The van der Waals surface area contributed by atoms with Crippen molar-refractivity contribution in [3.8, 4) is 11.5 Å². The topological polar surface area (TPSA) is 55.8 Å². The maximum atomic E-state index is 12.8. The summed E-state index contributed by atoms with van der Waals surface area (Å²) in [5.74, 6) is 0.598. The summed E-state index contributed by atoms with van der Waals surface area (Å²) >= 11 is 0. The molecule has 0 atom stereocenters. The molecule has 0 saturated carbocycles. The molecule has 2 aromatic rings. The van der Waals surface area contributed by atoms with E-state index in [-0.39, 0.29) is 23.8 Å². The van der Waals surface area contributed by atoms with Gasteiger partial charge in [-0.25, -0.2) is 0 Å². The smallest absolute Gasteiger partial charge is 0.261 e. The first-order valence-corrected chi connectivity index (χ1v) is 9.39. The summed E-state index contributed by atoms with van der Waals surface area (Å²) in [5, 5.41) is 0. The van der Waals surface area contributed by atoms with Crippen LogP contribution in [0.25, 0.3) is 5.57 Å². The zero-order valence-electron chi connectivity index (χ0n) is 17.4. The predicted octanol–water partition coefficient (Wildman–Crippen LogP) is 4.58. The van der Waals surface area contributed by atoms with Crippen molar-refractivity contribution < 1.29 is 19.1 Å². The first-order valence-electron chi connectivity index (χ1n) is 9.39. The van der Waals surface area contributed by atoms with E-state index in [2.05, 4.69) is 26.5 Å². The third-order valence-corrected chi connectivity index (χ3v) is 4.61. The molecule has 0 saturated heterocycles. The van der Waals surface area contributed by atoms with E-state index in [1.165, 1.54) is 4.90 Å². The van der Waals surface area contributed by atoms with Crippen molar-refractivity contribution in [2.75, 3.05) is 20.8 Å². The number of nitrogens with zero attached hydrogens (tertiary/aromatic N) is 1. The second-order valence-corrected chi connectivity index (χ2v) is 7.95. The fourth-order valence-corrected chi connectivity index (χ4v) is 3.09.